The van der Waals surface area contributed by atoms with Gasteiger partial charge in [0, 0.05) is 23.5 Å². The highest BCUT2D eigenvalue weighted by Crippen LogP contribution is 2.51. The number of alkyl halides is 3. The van der Waals surface area contributed by atoms with Crippen LogP contribution in [-0.4, -0.2) is 54.6 Å². The molecular weight excluding hydrogens is 537 g/mol. The fourth-order valence-electron chi connectivity index (χ4n) is 4.43. The fraction of sp³-hybridized carbons (Fsp3) is 0.375. The monoisotopic (exact) mass is 560 g/mol. The minimum Gasteiger partial charge on any atom is -0.493 e. The summed E-state index contributed by atoms with van der Waals surface area (Å²) >= 11 is 0. The van der Waals surface area contributed by atoms with Gasteiger partial charge in [-0.25, -0.2) is 0 Å². The smallest absolute Gasteiger partial charge is 0.493 e. The molecule has 2 aliphatic rings. The largest absolute Gasteiger partial charge is 0.534 e. The summed E-state index contributed by atoms with van der Waals surface area (Å²) in [5.41, 5.74) is -5.55. The molecule has 0 bridgehead atoms. The summed E-state index contributed by atoms with van der Waals surface area (Å²) in [4.78, 5) is 13.0. The van der Waals surface area contributed by atoms with Crippen LogP contribution in [0.1, 0.15) is 17.0 Å². The molecule has 38 heavy (non-hydrogen) atoms. The fourth-order valence-corrected chi connectivity index (χ4v) is 4.91. The normalized spacial score (nSPS) is 19.5. The lowest BCUT2D eigenvalue weighted by atomic mass is 9.75. The first-order valence-corrected chi connectivity index (χ1v) is 12.4. The highest BCUT2D eigenvalue weighted by Gasteiger charge is 2.50. The van der Waals surface area contributed by atoms with Gasteiger partial charge in [0.05, 0.1) is 33.9 Å². The summed E-state index contributed by atoms with van der Waals surface area (Å²) in [6.45, 7) is 3.43. The van der Waals surface area contributed by atoms with E-state index in [1.807, 2.05) is 0 Å². The summed E-state index contributed by atoms with van der Waals surface area (Å²) in [6.07, 6.45) is 1.47. The molecule has 0 N–H and O–H groups in total. The van der Waals surface area contributed by atoms with Gasteiger partial charge in [0.15, 0.2) is 28.7 Å². The molecule has 206 valence electrons. The van der Waals surface area contributed by atoms with E-state index in [4.69, 9.17) is 28.4 Å². The molecule has 0 amide bonds. The molecule has 2 heterocycles. The van der Waals surface area contributed by atoms with Gasteiger partial charge in [-0.15, -0.1) is 6.58 Å². The number of carbonyl (C=O) groups excluding carboxylic acids is 1. The van der Waals surface area contributed by atoms with Crippen LogP contribution in [0, 0.1) is 11.8 Å². The second kappa shape index (κ2) is 10.2. The molecule has 1 saturated heterocycles. The van der Waals surface area contributed by atoms with E-state index in [1.54, 1.807) is 0 Å². The summed E-state index contributed by atoms with van der Waals surface area (Å²) in [5, 5.41) is 0. The summed E-state index contributed by atoms with van der Waals surface area (Å²) < 4.78 is 101. The van der Waals surface area contributed by atoms with E-state index < -0.39 is 45.1 Å². The topological polar surface area (TPSA) is 116 Å². The third kappa shape index (κ3) is 4.75. The number of halogens is 3. The van der Waals surface area contributed by atoms with Gasteiger partial charge >= 0.3 is 21.6 Å². The van der Waals surface area contributed by atoms with Gasteiger partial charge in [0.2, 0.25) is 12.5 Å². The first kappa shape index (κ1) is 27.2. The molecule has 0 aliphatic carbocycles. The van der Waals surface area contributed by atoms with E-state index >= 15 is 0 Å². The molecule has 2 aromatic rings. The number of methoxy groups -OCH3 is 3. The van der Waals surface area contributed by atoms with Crippen LogP contribution in [0.15, 0.2) is 36.9 Å². The van der Waals surface area contributed by atoms with Gasteiger partial charge in [-0.2, -0.15) is 21.6 Å². The predicted octanol–water partition coefficient (Wildman–Crippen LogP) is 3.78. The number of esters is 1. The maximum atomic E-state index is 13.3. The second-order valence-electron chi connectivity index (χ2n) is 8.22. The minimum atomic E-state index is -6.10. The zero-order valence-corrected chi connectivity index (χ0v) is 21.2. The third-order valence-corrected chi connectivity index (χ3v) is 7.15. The van der Waals surface area contributed by atoms with Crippen molar-refractivity contribution in [1.82, 2.24) is 0 Å². The molecule has 0 saturated carbocycles. The quantitative estimate of drug-likeness (QED) is 0.194. The minimum absolute atomic E-state index is 0.0426. The lowest BCUT2D eigenvalue weighted by Gasteiger charge is -2.28. The Morgan fingerprint density at radius 1 is 0.974 bits per heavy atom. The number of hydrogen-bond acceptors (Lipinski definition) is 10. The van der Waals surface area contributed by atoms with Crippen LogP contribution in [-0.2, 0) is 19.6 Å². The number of benzene rings is 2. The summed E-state index contributed by atoms with van der Waals surface area (Å²) in [7, 11) is -2.00. The Kier molecular flexibility index (Phi) is 7.28. The standard InChI is InChI=1S/C24H23F3O10S/c1-5-12-10-34-23(28)21(12)20(13-6-18(31-2)22(33-4)19(7-13)32-3)14-8-16-17(36-11-35-16)9-15(14)37-38(29,30)24(25,26)27/h5-9,12,20-21H,1,10-11H2,2-4H3/t12-,20?,21?/m1/s1. The third-order valence-electron chi connectivity index (χ3n) is 6.18. The lowest BCUT2D eigenvalue weighted by Crippen LogP contribution is -2.29. The molecule has 14 heteroatoms. The molecule has 0 radical (unpaired) electrons. The van der Waals surface area contributed by atoms with E-state index in [-0.39, 0.29) is 47.7 Å². The van der Waals surface area contributed by atoms with Crippen LogP contribution in [0.5, 0.6) is 34.5 Å². The van der Waals surface area contributed by atoms with Crippen molar-refractivity contribution < 1.29 is 59.0 Å². The number of ether oxygens (including phenoxy) is 6. The molecule has 0 spiro atoms. The number of carbonyl (C=O) groups is 1. The first-order valence-electron chi connectivity index (χ1n) is 11.0. The molecular formula is C24H23F3O10S. The number of rotatable bonds is 9. The maximum absolute atomic E-state index is 13.3. The van der Waals surface area contributed by atoms with Crippen molar-refractivity contribution in [1.29, 1.82) is 0 Å². The lowest BCUT2D eigenvalue weighted by molar-refractivity contribution is -0.141. The van der Waals surface area contributed by atoms with Crippen LogP contribution in [0.2, 0.25) is 0 Å². The van der Waals surface area contributed by atoms with E-state index in [0.717, 1.165) is 6.07 Å². The van der Waals surface area contributed by atoms with E-state index in [1.165, 1.54) is 45.6 Å². The van der Waals surface area contributed by atoms with Crippen molar-refractivity contribution in [2.24, 2.45) is 11.8 Å². The summed E-state index contributed by atoms with van der Waals surface area (Å²) in [5.74, 6) is -3.54. The molecule has 10 nitrogen and oxygen atoms in total. The van der Waals surface area contributed by atoms with Crippen molar-refractivity contribution in [2.75, 3.05) is 34.7 Å². The van der Waals surface area contributed by atoms with Crippen LogP contribution < -0.4 is 27.9 Å². The van der Waals surface area contributed by atoms with E-state index in [9.17, 15) is 26.4 Å². The van der Waals surface area contributed by atoms with Crippen LogP contribution >= 0.6 is 0 Å². The second-order valence-corrected chi connectivity index (χ2v) is 9.76. The van der Waals surface area contributed by atoms with Crippen molar-refractivity contribution >= 4 is 16.1 Å². The molecule has 3 atom stereocenters. The summed E-state index contributed by atoms with van der Waals surface area (Å²) in [6, 6.07) is 5.22. The highest BCUT2D eigenvalue weighted by atomic mass is 32.2. The van der Waals surface area contributed by atoms with Crippen LogP contribution in [0.25, 0.3) is 0 Å². The Labute approximate surface area is 215 Å². The molecule has 1 fully saturated rings. The highest BCUT2D eigenvalue weighted by molar-refractivity contribution is 7.88. The Balaban J connectivity index is 2.02. The van der Waals surface area contributed by atoms with Gasteiger partial charge in [-0.05, 0) is 23.8 Å². The number of fused-ring (bicyclic) bond motifs is 1. The van der Waals surface area contributed by atoms with Gasteiger partial charge in [0.1, 0.15) is 0 Å². The Morgan fingerprint density at radius 3 is 2.11 bits per heavy atom. The first-order chi connectivity index (χ1) is 17.9. The van der Waals surface area contributed by atoms with Crippen molar-refractivity contribution in [3.05, 3.63) is 48.0 Å². The average molecular weight is 560 g/mol. The van der Waals surface area contributed by atoms with Gasteiger partial charge < -0.3 is 32.6 Å². The van der Waals surface area contributed by atoms with Crippen LogP contribution in [0.3, 0.4) is 0 Å². The SMILES string of the molecule is C=C[C@@H]1COC(=O)C1C(c1cc(OC)c(OC)c(OC)c1)c1cc2c(cc1OS(=O)(=O)C(F)(F)F)OCO2. The Hall–Kier alpha value is -3.81. The molecule has 0 aromatic heterocycles. The van der Waals surface area contributed by atoms with E-state index in [0.29, 0.717) is 5.56 Å². The zero-order chi connectivity index (χ0) is 27.8. The average Bonchev–Trinajstić information content (AvgIpc) is 3.48. The van der Waals surface area contributed by atoms with Crippen molar-refractivity contribution in [3.63, 3.8) is 0 Å². The van der Waals surface area contributed by atoms with Gasteiger partial charge in [-0.1, -0.05) is 6.08 Å². The zero-order valence-electron chi connectivity index (χ0n) is 20.4. The van der Waals surface area contributed by atoms with Crippen molar-refractivity contribution in [3.8, 4) is 34.5 Å². The Morgan fingerprint density at radius 2 is 1.58 bits per heavy atom. The Bertz CT molecular complexity index is 1330. The molecule has 2 unspecified atom stereocenters. The van der Waals surface area contributed by atoms with Gasteiger partial charge in [0.25, 0.3) is 0 Å². The molecule has 2 aromatic carbocycles. The maximum Gasteiger partial charge on any atom is 0.534 e. The van der Waals surface area contributed by atoms with Crippen LogP contribution in [0.4, 0.5) is 13.2 Å². The predicted molar refractivity (Wildman–Crippen MR) is 124 cm³/mol. The van der Waals surface area contributed by atoms with E-state index in [2.05, 4.69) is 10.8 Å². The molecule has 2 aliphatic heterocycles. The van der Waals surface area contributed by atoms with Crippen molar-refractivity contribution in [2.45, 2.75) is 11.4 Å². The number of cyclic esters (lactones) is 1. The number of hydrogen-bond donors (Lipinski definition) is 0. The van der Waals surface area contributed by atoms with Gasteiger partial charge in [-0.3, -0.25) is 4.79 Å². The molecule has 4 rings (SSSR count).